The molecule has 5 rings (SSSR count). The van der Waals surface area contributed by atoms with E-state index < -0.39 is 0 Å². The van der Waals surface area contributed by atoms with Crippen LogP contribution in [0.4, 0.5) is 11.4 Å². The third-order valence-corrected chi connectivity index (χ3v) is 6.24. The molecule has 1 aliphatic heterocycles. The van der Waals surface area contributed by atoms with E-state index in [1.165, 1.54) is 0 Å². The van der Waals surface area contributed by atoms with E-state index in [4.69, 9.17) is 17.0 Å². The number of ether oxygens (including phenoxy) is 1. The van der Waals surface area contributed by atoms with Crippen molar-refractivity contribution < 1.29 is 9.53 Å². The number of carbonyl (C=O) groups excluding carboxylic acids is 1. The molecule has 35 heavy (non-hydrogen) atoms. The zero-order valence-corrected chi connectivity index (χ0v) is 20.0. The number of pyridine rings is 1. The van der Waals surface area contributed by atoms with Gasteiger partial charge in [-0.15, -0.1) is 0 Å². The molecule has 0 radical (unpaired) electrons. The number of nitrogens with one attached hydrogen (secondary N) is 2. The number of thiocarbonyl (C=S) groups is 1. The Labute approximate surface area is 209 Å². The summed E-state index contributed by atoms with van der Waals surface area (Å²) >= 11 is 5.77. The molecular weight excluding hydrogens is 458 g/mol. The summed E-state index contributed by atoms with van der Waals surface area (Å²) < 4.78 is 7.63. The molecule has 3 heterocycles. The Morgan fingerprint density at radius 3 is 2.49 bits per heavy atom. The zero-order valence-electron chi connectivity index (χ0n) is 19.2. The van der Waals surface area contributed by atoms with Gasteiger partial charge in [0.15, 0.2) is 11.7 Å². The van der Waals surface area contributed by atoms with Crippen molar-refractivity contribution in [2.24, 2.45) is 7.05 Å². The van der Waals surface area contributed by atoms with E-state index in [9.17, 15) is 4.79 Å². The van der Waals surface area contributed by atoms with Crippen molar-refractivity contribution in [2.75, 3.05) is 16.8 Å². The number of benzene rings is 2. The zero-order chi connectivity index (χ0) is 24.2. The van der Waals surface area contributed by atoms with Crippen LogP contribution in [0.3, 0.4) is 0 Å². The minimum Gasteiger partial charge on any atom is -0.484 e. The monoisotopic (exact) mass is 483 g/mol. The molecule has 2 aromatic carbocycles. The van der Waals surface area contributed by atoms with Gasteiger partial charge in [-0.1, -0.05) is 24.3 Å². The Bertz CT molecular complexity index is 1310. The molecule has 2 atom stereocenters. The summed E-state index contributed by atoms with van der Waals surface area (Å²) in [5.41, 5.74) is 3.64. The van der Waals surface area contributed by atoms with Crippen molar-refractivity contribution in [1.82, 2.24) is 14.9 Å². The summed E-state index contributed by atoms with van der Waals surface area (Å²) in [6, 6.07) is 26.8. The number of hydrogen-bond acceptors (Lipinski definition) is 4. The number of para-hydroxylation sites is 1. The van der Waals surface area contributed by atoms with E-state index in [2.05, 4.69) is 31.2 Å². The van der Waals surface area contributed by atoms with Crippen LogP contribution in [-0.2, 0) is 11.8 Å². The molecule has 0 bridgehead atoms. The summed E-state index contributed by atoms with van der Waals surface area (Å²) in [6.07, 6.45) is 3.82. The Kier molecular flexibility index (Phi) is 6.45. The smallest absolute Gasteiger partial charge is 0.262 e. The van der Waals surface area contributed by atoms with Crippen molar-refractivity contribution in [3.8, 4) is 5.75 Å². The Hall–Kier alpha value is -4.17. The number of nitrogens with zero attached hydrogens (tertiary/aromatic N) is 3. The fraction of sp³-hybridized carbons (Fsp3) is 0.148. The molecule has 0 aliphatic carbocycles. The first-order valence-electron chi connectivity index (χ1n) is 11.3. The van der Waals surface area contributed by atoms with Gasteiger partial charge in [0.2, 0.25) is 0 Å². The van der Waals surface area contributed by atoms with Crippen LogP contribution in [0.15, 0.2) is 97.3 Å². The molecule has 2 N–H and O–H groups in total. The number of carbonyl (C=O) groups is 1. The van der Waals surface area contributed by atoms with E-state index in [0.717, 1.165) is 17.1 Å². The molecule has 1 fully saturated rings. The lowest BCUT2D eigenvalue weighted by Crippen LogP contribution is -2.30. The fourth-order valence-corrected chi connectivity index (χ4v) is 4.63. The predicted molar refractivity (Wildman–Crippen MR) is 140 cm³/mol. The van der Waals surface area contributed by atoms with Gasteiger partial charge < -0.3 is 24.8 Å². The number of anilines is 2. The molecular formula is C27H25N5O2S. The highest BCUT2D eigenvalue weighted by molar-refractivity contribution is 7.80. The Morgan fingerprint density at radius 2 is 1.80 bits per heavy atom. The van der Waals surface area contributed by atoms with E-state index in [0.29, 0.717) is 16.5 Å². The predicted octanol–water partition coefficient (Wildman–Crippen LogP) is 4.61. The molecule has 7 nitrogen and oxygen atoms in total. The molecule has 8 heteroatoms. The standard InChI is InChI=1S/C27H25N5O2S/c1-31-17-7-11-23(31)26-25(22-10-5-6-16-28-22)30-27(35)32(26)20-14-12-19(13-15-20)29-24(33)18-34-21-8-3-2-4-9-21/h2-17,25-26H,18H2,1H3,(H,29,33)(H,30,35)/t25-,26+/m0/s1. The average molecular weight is 484 g/mol. The summed E-state index contributed by atoms with van der Waals surface area (Å²) in [7, 11) is 2.03. The second kappa shape index (κ2) is 9.99. The number of hydrogen-bond donors (Lipinski definition) is 2. The molecule has 2 aromatic heterocycles. The summed E-state index contributed by atoms with van der Waals surface area (Å²) in [4.78, 5) is 19.0. The van der Waals surface area contributed by atoms with Gasteiger partial charge in [-0.3, -0.25) is 9.78 Å². The number of aryl methyl sites for hydroxylation is 1. The molecule has 0 spiro atoms. The lowest BCUT2D eigenvalue weighted by atomic mass is 10.0. The Balaban J connectivity index is 1.35. The number of amides is 1. The molecule has 1 saturated heterocycles. The van der Waals surface area contributed by atoms with Gasteiger partial charge in [0.05, 0.1) is 11.7 Å². The van der Waals surface area contributed by atoms with Crippen molar-refractivity contribution in [2.45, 2.75) is 12.1 Å². The van der Waals surface area contributed by atoms with Gasteiger partial charge in [0, 0.05) is 36.5 Å². The lowest BCUT2D eigenvalue weighted by molar-refractivity contribution is -0.118. The second-order valence-electron chi connectivity index (χ2n) is 8.24. The maximum Gasteiger partial charge on any atom is 0.262 e. The van der Waals surface area contributed by atoms with Crippen LogP contribution in [-0.4, -0.2) is 27.2 Å². The average Bonchev–Trinajstić information content (AvgIpc) is 3.46. The summed E-state index contributed by atoms with van der Waals surface area (Å²) in [5, 5.41) is 6.96. The van der Waals surface area contributed by atoms with Crippen molar-refractivity contribution >= 4 is 34.6 Å². The molecule has 1 amide bonds. The lowest BCUT2D eigenvalue weighted by Gasteiger charge is -2.28. The molecule has 0 saturated carbocycles. The minimum absolute atomic E-state index is 0.0623. The van der Waals surface area contributed by atoms with Crippen LogP contribution in [0, 0.1) is 0 Å². The highest BCUT2D eigenvalue weighted by Gasteiger charge is 2.41. The highest BCUT2D eigenvalue weighted by atomic mass is 32.1. The van der Waals surface area contributed by atoms with E-state index in [1.54, 1.807) is 6.20 Å². The van der Waals surface area contributed by atoms with Gasteiger partial charge in [0.1, 0.15) is 11.8 Å². The third kappa shape index (κ3) is 4.88. The largest absolute Gasteiger partial charge is 0.484 e. The Morgan fingerprint density at radius 1 is 1.03 bits per heavy atom. The van der Waals surface area contributed by atoms with E-state index in [-0.39, 0.29) is 24.6 Å². The first-order valence-corrected chi connectivity index (χ1v) is 11.7. The van der Waals surface area contributed by atoms with Crippen LogP contribution in [0.5, 0.6) is 5.75 Å². The van der Waals surface area contributed by atoms with Crippen molar-refractivity contribution in [1.29, 1.82) is 0 Å². The topological polar surface area (TPSA) is 71.4 Å². The normalized spacial score (nSPS) is 17.2. The van der Waals surface area contributed by atoms with Crippen LogP contribution in [0.1, 0.15) is 23.5 Å². The van der Waals surface area contributed by atoms with Gasteiger partial charge in [-0.05, 0) is 72.9 Å². The molecule has 0 unspecified atom stereocenters. The maximum atomic E-state index is 12.3. The fourth-order valence-electron chi connectivity index (χ4n) is 4.28. The minimum atomic E-state index is -0.225. The van der Waals surface area contributed by atoms with Crippen LogP contribution in [0.2, 0.25) is 0 Å². The van der Waals surface area contributed by atoms with E-state index in [1.807, 2.05) is 92.1 Å². The van der Waals surface area contributed by atoms with Crippen LogP contribution >= 0.6 is 12.2 Å². The molecule has 1 aliphatic rings. The van der Waals surface area contributed by atoms with Gasteiger partial charge in [-0.2, -0.15) is 0 Å². The van der Waals surface area contributed by atoms with Crippen molar-refractivity contribution in [3.63, 3.8) is 0 Å². The SMILES string of the molecule is Cn1cccc1[C@@H]1[C@H](c2ccccn2)NC(=S)N1c1ccc(NC(=O)COc2ccccc2)cc1. The van der Waals surface area contributed by atoms with Gasteiger partial charge in [-0.25, -0.2) is 0 Å². The quantitative estimate of drug-likeness (QED) is 0.374. The van der Waals surface area contributed by atoms with Gasteiger partial charge in [0.25, 0.3) is 5.91 Å². The van der Waals surface area contributed by atoms with E-state index >= 15 is 0 Å². The first-order chi connectivity index (χ1) is 17.1. The molecule has 176 valence electrons. The number of aromatic nitrogens is 2. The first kappa shape index (κ1) is 22.6. The highest BCUT2D eigenvalue weighted by Crippen LogP contribution is 2.41. The summed E-state index contributed by atoms with van der Waals surface area (Å²) in [5.74, 6) is 0.430. The van der Waals surface area contributed by atoms with Gasteiger partial charge >= 0.3 is 0 Å². The van der Waals surface area contributed by atoms with Crippen LogP contribution < -0.4 is 20.3 Å². The second-order valence-corrected chi connectivity index (χ2v) is 8.62. The van der Waals surface area contributed by atoms with Crippen molar-refractivity contribution in [3.05, 3.63) is 109 Å². The number of rotatable bonds is 7. The molecule has 4 aromatic rings. The third-order valence-electron chi connectivity index (χ3n) is 5.93. The summed E-state index contributed by atoms with van der Waals surface area (Å²) in [6.45, 7) is -0.0623. The maximum absolute atomic E-state index is 12.3. The van der Waals surface area contributed by atoms with Crippen LogP contribution in [0.25, 0.3) is 0 Å².